The number of ether oxygens (including phenoxy) is 1. The van der Waals surface area contributed by atoms with Crippen LogP contribution < -0.4 is 0 Å². The molecular weight excluding hydrogens is 198 g/mol. The van der Waals surface area contributed by atoms with Crippen molar-refractivity contribution in [2.24, 2.45) is 0 Å². The molecular formula is C10H13NO2S. The topological polar surface area (TPSA) is 39.2 Å². The molecule has 0 aliphatic heterocycles. The second kappa shape index (κ2) is 6.56. The van der Waals surface area contributed by atoms with Gasteiger partial charge in [-0.15, -0.1) is 11.8 Å². The van der Waals surface area contributed by atoms with Gasteiger partial charge in [-0.05, 0) is 18.6 Å². The molecule has 1 aromatic rings. The Bertz CT molecular complexity index is 274. The minimum Gasteiger partial charge on any atom is -0.385 e. The van der Waals surface area contributed by atoms with Crippen LogP contribution in [-0.4, -0.2) is 30.7 Å². The van der Waals surface area contributed by atoms with Crippen LogP contribution in [0.5, 0.6) is 0 Å². The van der Waals surface area contributed by atoms with Crippen LogP contribution in [0.15, 0.2) is 23.4 Å². The summed E-state index contributed by atoms with van der Waals surface area (Å²) in [6, 6.07) is 3.64. The summed E-state index contributed by atoms with van der Waals surface area (Å²) in [4.78, 5) is 14.5. The molecule has 1 heterocycles. The Balaban J connectivity index is 2.32. The van der Waals surface area contributed by atoms with Crippen molar-refractivity contribution in [2.75, 3.05) is 19.5 Å². The van der Waals surface area contributed by atoms with E-state index in [1.807, 2.05) is 6.07 Å². The standard InChI is InChI=1S/C10H13NO2S/c1-13-5-2-6-14-10-4-3-9(8-12)7-11-10/h3-4,7-8H,2,5-6H2,1H3. The Hall–Kier alpha value is -0.870. The first-order valence-electron chi connectivity index (χ1n) is 4.40. The first-order valence-corrected chi connectivity index (χ1v) is 5.38. The highest BCUT2D eigenvalue weighted by atomic mass is 32.2. The molecule has 0 saturated heterocycles. The summed E-state index contributed by atoms with van der Waals surface area (Å²) in [7, 11) is 1.70. The van der Waals surface area contributed by atoms with Crippen LogP contribution in [0, 0.1) is 0 Å². The predicted molar refractivity (Wildman–Crippen MR) is 56.8 cm³/mol. The van der Waals surface area contributed by atoms with Crippen molar-refractivity contribution in [1.29, 1.82) is 0 Å². The molecule has 0 aliphatic carbocycles. The smallest absolute Gasteiger partial charge is 0.151 e. The lowest BCUT2D eigenvalue weighted by Crippen LogP contribution is -1.91. The van der Waals surface area contributed by atoms with E-state index >= 15 is 0 Å². The van der Waals surface area contributed by atoms with E-state index in [0.29, 0.717) is 5.56 Å². The number of aldehydes is 1. The Labute approximate surface area is 87.9 Å². The zero-order chi connectivity index (χ0) is 10.2. The van der Waals surface area contributed by atoms with Gasteiger partial charge < -0.3 is 4.74 Å². The SMILES string of the molecule is COCCCSc1ccc(C=O)cn1. The van der Waals surface area contributed by atoms with E-state index in [1.54, 1.807) is 31.1 Å². The Morgan fingerprint density at radius 3 is 3.00 bits per heavy atom. The largest absolute Gasteiger partial charge is 0.385 e. The number of nitrogens with zero attached hydrogens (tertiary/aromatic N) is 1. The molecule has 0 fully saturated rings. The molecule has 0 saturated carbocycles. The van der Waals surface area contributed by atoms with E-state index < -0.39 is 0 Å². The molecule has 3 nitrogen and oxygen atoms in total. The molecule has 1 rings (SSSR count). The van der Waals surface area contributed by atoms with Gasteiger partial charge in [0.1, 0.15) is 0 Å². The molecule has 14 heavy (non-hydrogen) atoms. The van der Waals surface area contributed by atoms with E-state index in [4.69, 9.17) is 4.74 Å². The number of thioether (sulfide) groups is 1. The summed E-state index contributed by atoms with van der Waals surface area (Å²) in [5.41, 5.74) is 0.617. The van der Waals surface area contributed by atoms with Crippen molar-refractivity contribution in [3.8, 4) is 0 Å². The number of rotatable bonds is 6. The molecule has 0 unspecified atom stereocenters. The van der Waals surface area contributed by atoms with Gasteiger partial charge in [0.05, 0.1) is 5.03 Å². The quantitative estimate of drug-likeness (QED) is 0.410. The van der Waals surface area contributed by atoms with Gasteiger partial charge in [-0.2, -0.15) is 0 Å². The van der Waals surface area contributed by atoms with Crippen LogP contribution in [-0.2, 0) is 4.74 Å². The highest BCUT2D eigenvalue weighted by molar-refractivity contribution is 7.99. The fourth-order valence-electron chi connectivity index (χ4n) is 0.927. The van der Waals surface area contributed by atoms with Crippen molar-refractivity contribution in [3.05, 3.63) is 23.9 Å². The van der Waals surface area contributed by atoms with Crippen molar-refractivity contribution < 1.29 is 9.53 Å². The fraction of sp³-hybridized carbons (Fsp3) is 0.400. The van der Waals surface area contributed by atoms with Crippen LogP contribution in [0.3, 0.4) is 0 Å². The molecule has 0 radical (unpaired) electrons. The normalized spacial score (nSPS) is 10.1. The number of aromatic nitrogens is 1. The number of hydrogen-bond acceptors (Lipinski definition) is 4. The van der Waals surface area contributed by atoms with Crippen molar-refractivity contribution in [3.63, 3.8) is 0 Å². The maximum atomic E-state index is 10.4. The summed E-state index contributed by atoms with van der Waals surface area (Å²) in [6.07, 6.45) is 3.40. The molecule has 0 amide bonds. The predicted octanol–water partition coefficient (Wildman–Crippen LogP) is 2.02. The number of hydrogen-bond donors (Lipinski definition) is 0. The number of carbonyl (C=O) groups is 1. The third-order valence-electron chi connectivity index (χ3n) is 1.64. The average molecular weight is 211 g/mol. The lowest BCUT2D eigenvalue weighted by atomic mass is 10.3. The van der Waals surface area contributed by atoms with Gasteiger partial charge in [0.15, 0.2) is 6.29 Å². The van der Waals surface area contributed by atoms with Gasteiger partial charge in [-0.25, -0.2) is 4.98 Å². The first-order chi connectivity index (χ1) is 6.86. The van der Waals surface area contributed by atoms with E-state index in [1.165, 1.54) is 0 Å². The summed E-state index contributed by atoms with van der Waals surface area (Å²) in [5, 5.41) is 0.951. The summed E-state index contributed by atoms with van der Waals surface area (Å²) >= 11 is 1.67. The average Bonchev–Trinajstić information content (AvgIpc) is 2.25. The maximum absolute atomic E-state index is 10.4. The van der Waals surface area contributed by atoms with Gasteiger partial charge in [0.2, 0.25) is 0 Å². The second-order valence-corrected chi connectivity index (χ2v) is 3.86. The van der Waals surface area contributed by atoms with Crippen molar-refractivity contribution in [1.82, 2.24) is 4.98 Å². The number of methoxy groups -OCH3 is 1. The van der Waals surface area contributed by atoms with E-state index in [0.717, 1.165) is 30.1 Å². The lowest BCUT2D eigenvalue weighted by Gasteiger charge is -2.00. The number of carbonyl (C=O) groups excluding carboxylic acids is 1. The van der Waals surface area contributed by atoms with Crippen molar-refractivity contribution >= 4 is 18.0 Å². The molecule has 76 valence electrons. The third kappa shape index (κ3) is 3.89. The summed E-state index contributed by atoms with van der Waals surface area (Å²) < 4.78 is 4.94. The molecule has 4 heteroatoms. The van der Waals surface area contributed by atoms with Crippen LogP contribution in [0.25, 0.3) is 0 Å². The Morgan fingerprint density at radius 2 is 2.43 bits per heavy atom. The van der Waals surface area contributed by atoms with Crippen LogP contribution in [0.4, 0.5) is 0 Å². The lowest BCUT2D eigenvalue weighted by molar-refractivity contribution is 0.112. The second-order valence-electron chi connectivity index (χ2n) is 2.74. The van der Waals surface area contributed by atoms with E-state index in [2.05, 4.69) is 4.98 Å². The zero-order valence-electron chi connectivity index (χ0n) is 8.10. The third-order valence-corrected chi connectivity index (χ3v) is 2.67. The molecule has 0 N–H and O–H groups in total. The minimum atomic E-state index is 0.617. The van der Waals surface area contributed by atoms with Crippen molar-refractivity contribution in [2.45, 2.75) is 11.4 Å². The van der Waals surface area contributed by atoms with Crippen LogP contribution in [0.2, 0.25) is 0 Å². The number of pyridine rings is 1. The highest BCUT2D eigenvalue weighted by Crippen LogP contribution is 2.15. The molecule has 0 aromatic carbocycles. The molecule has 0 atom stereocenters. The Morgan fingerprint density at radius 1 is 1.57 bits per heavy atom. The molecule has 0 spiro atoms. The van der Waals surface area contributed by atoms with E-state index in [-0.39, 0.29) is 0 Å². The highest BCUT2D eigenvalue weighted by Gasteiger charge is 1.95. The van der Waals surface area contributed by atoms with Gasteiger partial charge in [-0.3, -0.25) is 4.79 Å². The van der Waals surface area contributed by atoms with Crippen LogP contribution >= 0.6 is 11.8 Å². The summed E-state index contributed by atoms with van der Waals surface area (Å²) in [6.45, 7) is 0.777. The van der Waals surface area contributed by atoms with Gasteiger partial charge in [0, 0.05) is 31.2 Å². The molecule has 1 aromatic heterocycles. The van der Waals surface area contributed by atoms with Crippen LogP contribution in [0.1, 0.15) is 16.8 Å². The minimum absolute atomic E-state index is 0.617. The van der Waals surface area contributed by atoms with Gasteiger partial charge in [0.25, 0.3) is 0 Å². The fourth-order valence-corrected chi connectivity index (χ4v) is 1.69. The summed E-state index contributed by atoms with van der Waals surface area (Å²) in [5.74, 6) is 0.987. The monoisotopic (exact) mass is 211 g/mol. The molecule has 0 bridgehead atoms. The zero-order valence-corrected chi connectivity index (χ0v) is 8.92. The molecule has 0 aliphatic rings. The van der Waals surface area contributed by atoms with Gasteiger partial charge >= 0.3 is 0 Å². The van der Waals surface area contributed by atoms with E-state index in [9.17, 15) is 4.79 Å². The van der Waals surface area contributed by atoms with Gasteiger partial charge in [-0.1, -0.05) is 0 Å². The Kier molecular flexibility index (Phi) is 5.25. The maximum Gasteiger partial charge on any atom is 0.151 e. The first kappa shape index (κ1) is 11.2.